The van der Waals surface area contributed by atoms with Crippen LogP contribution in [-0.2, 0) is 11.2 Å². The SMILES string of the molecule is C[C@H](Oc1ccccc1C#N)C(=O)N1c2ccccc2C[C@H]1C. The lowest BCUT2D eigenvalue weighted by molar-refractivity contribution is -0.124. The summed E-state index contributed by atoms with van der Waals surface area (Å²) in [7, 11) is 0. The average molecular weight is 306 g/mol. The summed E-state index contributed by atoms with van der Waals surface area (Å²) >= 11 is 0. The Morgan fingerprint density at radius 1 is 1.26 bits per heavy atom. The van der Waals surface area contributed by atoms with E-state index in [-0.39, 0.29) is 11.9 Å². The van der Waals surface area contributed by atoms with Crippen molar-refractivity contribution in [1.82, 2.24) is 0 Å². The Kier molecular flexibility index (Phi) is 4.03. The van der Waals surface area contributed by atoms with Crippen LogP contribution in [-0.4, -0.2) is 18.1 Å². The van der Waals surface area contributed by atoms with Gasteiger partial charge in [0.1, 0.15) is 11.8 Å². The van der Waals surface area contributed by atoms with E-state index in [0.29, 0.717) is 11.3 Å². The summed E-state index contributed by atoms with van der Waals surface area (Å²) < 4.78 is 5.76. The zero-order valence-corrected chi connectivity index (χ0v) is 13.2. The third-order valence-electron chi connectivity index (χ3n) is 4.10. The summed E-state index contributed by atoms with van der Waals surface area (Å²) in [6.45, 7) is 3.76. The van der Waals surface area contributed by atoms with Crippen molar-refractivity contribution < 1.29 is 9.53 Å². The molecule has 2 aromatic carbocycles. The Bertz CT molecular complexity index is 779. The first-order valence-corrected chi connectivity index (χ1v) is 7.68. The summed E-state index contributed by atoms with van der Waals surface area (Å²) in [5.41, 5.74) is 2.56. The molecule has 0 aliphatic carbocycles. The number of benzene rings is 2. The highest BCUT2D eigenvalue weighted by molar-refractivity contribution is 5.99. The van der Waals surface area contributed by atoms with Gasteiger partial charge in [-0.15, -0.1) is 0 Å². The lowest BCUT2D eigenvalue weighted by Crippen LogP contribution is -2.43. The number of hydrogen-bond donors (Lipinski definition) is 0. The highest BCUT2D eigenvalue weighted by Gasteiger charge is 2.34. The topological polar surface area (TPSA) is 53.3 Å². The van der Waals surface area contributed by atoms with E-state index in [9.17, 15) is 4.79 Å². The fraction of sp³-hybridized carbons (Fsp3) is 0.263. The predicted octanol–water partition coefficient (Wildman–Crippen LogP) is 3.30. The fourth-order valence-electron chi connectivity index (χ4n) is 3.00. The van der Waals surface area contributed by atoms with Crippen molar-refractivity contribution >= 4 is 11.6 Å². The molecule has 2 atom stereocenters. The standard InChI is InChI=1S/C19H18N2O2/c1-13-11-15-7-3-5-9-17(15)21(13)19(22)14(2)23-18-10-6-4-8-16(18)12-20/h3-10,13-14H,11H2,1-2H3/t13-,14+/m1/s1. The van der Waals surface area contributed by atoms with Crippen LogP contribution >= 0.6 is 0 Å². The van der Waals surface area contributed by atoms with Gasteiger partial charge in [-0.1, -0.05) is 30.3 Å². The second-order valence-corrected chi connectivity index (χ2v) is 5.76. The molecular formula is C19H18N2O2. The Labute approximate surface area is 135 Å². The number of hydrogen-bond acceptors (Lipinski definition) is 3. The van der Waals surface area contributed by atoms with E-state index in [1.807, 2.05) is 25.1 Å². The molecule has 4 nitrogen and oxygen atoms in total. The Morgan fingerprint density at radius 3 is 2.74 bits per heavy atom. The van der Waals surface area contributed by atoms with Gasteiger partial charge in [0.25, 0.3) is 5.91 Å². The van der Waals surface area contributed by atoms with Crippen LogP contribution < -0.4 is 9.64 Å². The number of anilines is 1. The molecule has 0 fully saturated rings. The van der Waals surface area contributed by atoms with Crippen LogP contribution in [0.1, 0.15) is 25.0 Å². The van der Waals surface area contributed by atoms with Crippen molar-refractivity contribution in [3.63, 3.8) is 0 Å². The number of para-hydroxylation sites is 2. The molecule has 0 saturated carbocycles. The van der Waals surface area contributed by atoms with Gasteiger partial charge in [-0.25, -0.2) is 0 Å². The maximum Gasteiger partial charge on any atom is 0.268 e. The summed E-state index contributed by atoms with van der Waals surface area (Å²) in [4.78, 5) is 14.6. The molecule has 0 aromatic heterocycles. The number of carbonyl (C=O) groups excluding carboxylic acids is 1. The van der Waals surface area contributed by atoms with E-state index in [1.54, 1.807) is 36.1 Å². The summed E-state index contributed by atoms with van der Waals surface area (Å²) in [6.07, 6.45) is 0.196. The van der Waals surface area contributed by atoms with Crippen molar-refractivity contribution in [2.75, 3.05) is 4.90 Å². The minimum Gasteiger partial charge on any atom is -0.479 e. The minimum absolute atomic E-state index is 0.0878. The maximum absolute atomic E-state index is 12.8. The molecule has 1 aliphatic rings. The smallest absolute Gasteiger partial charge is 0.268 e. The van der Waals surface area contributed by atoms with E-state index in [1.165, 1.54) is 5.56 Å². The lowest BCUT2D eigenvalue weighted by Gasteiger charge is -2.26. The monoisotopic (exact) mass is 306 g/mol. The van der Waals surface area contributed by atoms with Gasteiger partial charge in [-0.2, -0.15) is 5.26 Å². The van der Waals surface area contributed by atoms with Gasteiger partial charge >= 0.3 is 0 Å². The molecule has 0 bridgehead atoms. The molecular weight excluding hydrogens is 288 g/mol. The Morgan fingerprint density at radius 2 is 1.96 bits per heavy atom. The number of fused-ring (bicyclic) bond motifs is 1. The quantitative estimate of drug-likeness (QED) is 0.874. The predicted molar refractivity (Wildman–Crippen MR) is 88.3 cm³/mol. The van der Waals surface area contributed by atoms with Gasteiger partial charge in [-0.05, 0) is 44.0 Å². The average Bonchev–Trinajstić information content (AvgIpc) is 2.90. The molecule has 116 valence electrons. The summed E-state index contributed by atoms with van der Waals surface area (Å²) in [5.74, 6) is 0.353. The number of nitrogens with zero attached hydrogens (tertiary/aromatic N) is 2. The van der Waals surface area contributed by atoms with E-state index >= 15 is 0 Å². The summed E-state index contributed by atoms with van der Waals surface area (Å²) in [6, 6.07) is 17.1. The molecule has 2 aromatic rings. The highest BCUT2D eigenvalue weighted by Crippen LogP contribution is 2.32. The number of ether oxygens (including phenoxy) is 1. The van der Waals surface area contributed by atoms with E-state index in [4.69, 9.17) is 10.00 Å². The maximum atomic E-state index is 12.8. The number of carbonyl (C=O) groups is 1. The first-order valence-electron chi connectivity index (χ1n) is 7.68. The second-order valence-electron chi connectivity index (χ2n) is 5.76. The largest absolute Gasteiger partial charge is 0.479 e. The van der Waals surface area contributed by atoms with Crippen LogP contribution in [0.2, 0.25) is 0 Å². The van der Waals surface area contributed by atoms with Gasteiger partial charge in [0.2, 0.25) is 0 Å². The first kappa shape index (κ1) is 15.1. The van der Waals surface area contributed by atoms with Crippen LogP contribution in [0.4, 0.5) is 5.69 Å². The molecule has 23 heavy (non-hydrogen) atoms. The molecule has 1 aliphatic heterocycles. The Hall–Kier alpha value is -2.80. The Balaban J connectivity index is 1.82. The number of rotatable bonds is 3. The van der Waals surface area contributed by atoms with Gasteiger partial charge in [-0.3, -0.25) is 4.79 Å². The molecule has 0 unspecified atom stereocenters. The van der Waals surface area contributed by atoms with Gasteiger partial charge in [0, 0.05) is 11.7 Å². The van der Waals surface area contributed by atoms with Crippen LogP contribution in [0.15, 0.2) is 48.5 Å². The molecule has 0 saturated heterocycles. The van der Waals surface area contributed by atoms with Crippen molar-refractivity contribution in [1.29, 1.82) is 5.26 Å². The molecule has 3 rings (SSSR count). The molecule has 1 heterocycles. The van der Waals surface area contributed by atoms with Crippen LogP contribution in [0.5, 0.6) is 5.75 Å². The molecule has 0 spiro atoms. The van der Waals surface area contributed by atoms with Crippen LogP contribution in [0, 0.1) is 11.3 Å². The minimum atomic E-state index is -0.655. The van der Waals surface area contributed by atoms with E-state index < -0.39 is 6.10 Å². The summed E-state index contributed by atoms with van der Waals surface area (Å²) in [5, 5.41) is 9.13. The molecule has 4 heteroatoms. The van der Waals surface area contributed by atoms with Gasteiger partial charge < -0.3 is 9.64 Å². The number of nitriles is 1. The van der Waals surface area contributed by atoms with Crippen molar-refractivity contribution in [2.45, 2.75) is 32.4 Å². The zero-order chi connectivity index (χ0) is 16.4. The van der Waals surface area contributed by atoms with Gasteiger partial charge in [0.05, 0.1) is 5.56 Å². The molecule has 0 N–H and O–H groups in total. The molecule has 1 amide bonds. The van der Waals surface area contributed by atoms with E-state index in [2.05, 4.69) is 12.1 Å². The highest BCUT2D eigenvalue weighted by atomic mass is 16.5. The first-order chi connectivity index (χ1) is 11.1. The van der Waals surface area contributed by atoms with Crippen molar-refractivity contribution in [2.24, 2.45) is 0 Å². The number of amides is 1. The zero-order valence-electron chi connectivity index (χ0n) is 13.2. The second kappa shape index (κ2) is 6.13. The fourth-order valence-corrected chi connectivity index (χ4v) is 3.00. The van der Waals surface area contributed by atoms with Crippen LogP contribution in [0.3, 0.4) is 0 Å². The van der Waals surface area contributed by atoms with Gasteiger partial charge in [0.15, 0.2) is 6.10 Å². The normalized spacial score (nSPS) is 17.3. The molecule has 0 radical (unpaired) electrons. The lowest BCUT2D eigenvalue weighted by atomic mass is 10.1. The van der Waals surface area contributed by atoms with Crippen LogP contribution in [0.25, 0.3) is 0 Å². The third kappa shape index (κ3) is 2.78. The van der Waals surface area contributed by atoms with Crippen molar-refractivity contribution in [3.05, 3.63) is 59.7 Å². The van der Waals surface area contributed by atoms with E-state index in [0.717, 1.165) is 12.1 Å². The third-order valence-corrected chi connectivity index (χ3v) is 4.10. The van der Waals surface area contributed by atoms with Crippen molar-refractivity contribution in [3.8, 4) is 11.8 Å².